The Morgan fingerprint density at radius 2 is 1.89 bits per heavy atom. The van der Waals surface area contributed by atoms with E-state index in [0.717, 1.165) is 25.0 Å². The molecule has 2 rings (SSSR count). The summed E-state index contributed by atoms with van der Waals surface area (Å²) >= 11 is 0. The van der Waals surface area contributed by atoms with Gasteiger partial charge in [-0.3, -0.25) is 4.79 Å². The van der Waals surface area contributed by atoms with Gasteiger partial charge in [0, 0.05) is 18.0 Å². The van der Waals surface area contributed by atoms with Crippen LogP contribution in [0.3, 0.4) is 0 Å². The van der Waals surface area contributed by atoms with E-state index in [0.29, 0.717) is 0 Å². The Hall–Kier alpha value is -1.57. The highest BCUT2D eigenvalue weighted by molar-refractivity contribution is 5.95. The van der Waals surface area contributed by atoms with Gasteiger partial charge in [0.2, 0.25) is 5.91 Å². The van der Waals surface area contributed by atoms with Crippen molar-refractivity contribution in [3.63, 3.8) is 0 Å². The van der Waals surface area contributed by atoms with Crippen molar-refractivity contribution in [2.45, 2.75) is 39.5 Å². The highest BCUT2D eigenvalue weighted by Gasteiger charge is 2.23. The summed E-state index contributed by atoms with van der Waals surface area (Å²) in [6.07, 6.45) is 4.03. The maximum atomic E-state index is 11.8. The predicted octanol–water partition coefficient (Wildman–Crippen LogP) is 3.65. The lowest BCUT2D eigenvalue weighted by Crippen LogP contribution is -2.24. The molecule has 0 bridgehead atoms. The van der Waals surface area contributed by atoms with Crippen LogP contribution in [0, 0.1) is 0 Å². The molecule has 1 unspecified atom stereocenters. The summed E-state index contributed by atoms with van der Waals surface area (Å²) in [5, 5.41) is 2.94. The van der Waals surface area contributed by atoms with E-state index in [-0.39, 0.29) is 11.8 Å². The average molecular weight is 245 g/mol. The SMILES string of the molecule is C/C=C1/C(=O)NCCCC1c1ccccc1.CC. The van der Waals surface area contributed by atoms with Crippen LogP contribution in [0.4, 0.5) is 0 Å². The summed E-state index contributed by atoms with van der Waals surface area (Å²) in [5.41, 5.74) is 2.15. The van der Waals surface area contributed by atoms with Crippen molar-refractivity contribution in [3.8, 4) is 0 Å². The van der Waals surface area contributed by atoms with Crippen molar-refractivity contribution in [1.29, 1.82) is 0 Å². The van der Waals surface area contributed by atoms with Crippen molar-refractivity contribution in [3.05, 3.63) is 47.5 Å². The minimum absolute atomic E-state index is 0.0915. The summed E-state index contributed by atoms with van der Waals surface area (Å²) in [7, 11) is 0. The smallest absolute Gasteiger partial charge is 0.247 e. The minimum atomic E-state index is 0.0915. The first-order valence-corrected chi connectivity index (χ1v) is 6.82. The van der Waals surface area contributed by atoms with Gasteiger partial charge in [-0.15, -0.1) is 0 Å². The zero-order valence-corrected chi connectivity index (χ0v) is 11.6. The monoisotopic (exact) mass is 245 g/mol. The third-order valence-corrected chi connectivity index (χ3v) is 3.11. The second-order valence-electron chi connectivity index (χ2n) is 4.11. The van der Waals surface area contributed by atoms with E-state index in [2.05, 4.69) is 17.4 Å². The Balaban J connectivity index is 0.000000771. The molecular formula is C16H23NO. The first-order valence-electron chi connectivity index (χ1n) is 6.82. The number of carbonyl (C=O) groups excluding carboxylic acids is 1. The Kier molecular flexibility index (Phi) is 6.20. The van der Waals surface area contributed by atoms with Crippen LogP contribution < -0.4 is 5.32 Å². The minimum Gasteiger partial charge on any atom is -0.352 e. The fourth-order valence-electron chi connectivity index (χ4n) is 2.29. The Morgan fingerprint density at radius 1 is 1.22 bits per heavy atom. The summed E-state index contributed by atoms with van der Waals surface area (Å²) in [6.45, 7) is 6.73. The van der Waals surface area contributed by atoms with E-state index in [9.17, 15) is 4.79 Å². The number of carbonyl (C=O) groups is 1. The first kappa shape index (κ1) is 14.5. The van der Waals surface area contributed by atoms with Crippen molar-refractivity contribution < 1.29 is 4.79 Å². The van der Waals surface area contributed by atoms with Gasteiger partial charge >= 0.3 is 0 Å². The molecule has 1 aliphatic rings. The largest absolute Gasteiger partial charge is 0.352 e. The molecule has 2 nitrogen and oxygen atoms in total. The molecule has 0 saturated carbocycles. The van der Waals surface area contributed by atoms with Crippen LogP contribution in [0.25, 0.3) is 0 Å². The van der Waals surface area contributed by atoms with Gasteiger partial charge in [0.05, 0.1) is 0 Å². The van der Waals surface area contributed by atoms with Gasteiger partial charge in [0.25, 0.3) is 0 Å². The molecule has 1 amide bonds. The van der Waals surface area contributed by atoms with Crippen LogP contribution in [-0.2, 0) is 4.79 Å². The molecule has 1 N–H and O–H groups in total. The molecule has 1 saturated heterocycles. The van der Waals surface area contributed by atoms with Gasteiger partial charge in [-0.05, 0) is 25.3 Å². The third-order valence-electron chi connectivity index (χ3n) is 3.11. The zero-order valence-electron chi connectivity index (χ0n) is 11.6. The van der Waals surface area contributed by atoms with Crippen molar-refractivity contribution in [2.24, 2.45) is 0 Å². The highest BCUT2D eigenvalue weighted by atomic mass is 16.1. The van der Waals surface area contributed by atoms with Crippen molar-refractivity contribution in [2.75, 3.05) is 6.54 Å². The van der Waals surface area contributed by atoms with Crippen LogP contribution in [-0.4, -0.2) is 12.5 Å². The maximum Gasteiger partial charge on any atom is 0.247 e. The van der Waals surface area contributed by atoms with Crippen molar-refractivity contribution in [1.82, 2.24) is 5.32 Å². The molecule has 18 heavy (non-hydrogen) atoms. The number of hydrogen-bond donors (Lipinski definition) is 1. The quantitative estimate of drug-likeness (QED) is 0.752. The highest BCUT2D eigenvalue weighted by Crippen LogP contribution is 2.30. The molecular weight excluding hydrogens is 222 g/mol. The van der Waals surface area contributed by atoms with E-state index >= 15 is 0 Å². The number of rotatable bonds is 1. The Morgan fingerprint density at radius 3 is 2.50 bits per heavy atom. The van der Waals surface area contributed by atoms with Gasteiger partial charge in [0.15, 0.2) is 0 Å². The van der Waals surface area contributed by atoms with Crippen LogP contribution >= 0.6 is 0 Å². The lowest BCUT2D eigenvalue weighted by atomic mass is 9.87. The van der Waals surface area contributed by atoms with Crippen LogP contribution in [0.1, 0.15) is 45.1 Å². The zero-order chi connectivity index (χ0) is 13.4. The fourth-order valence-corrected chi connectivity index (χ4v) is 2.29. The van der Waals surface area contributed by atoms with Gasteiger partial charge in [-0.25, -0.2) is 0 Å². The van der Waals surface area contributed by atoms with E-state index in [4.69, 9.17) is 0 Å². The Bertz CT molecular complexity index is 395. The topological polar surface area (TPSA) is 29.1 Å². The molecule has 1 heterocycles. The molecule has 0 aliphatic carbocycles. The van der Waals surface area contributed by atoms with Gasteiger partial charge < -0.3 is 5.32 Å². The van der Waals surface area contributed by atoms with E-state index in [1.54, 1.807) is 0 Å². The Labute approximate surface area is 110 Å². The molecule has 1 aromatic carbocycles. The molecule has 1 aromatic rings. The van der Waals surface area contributed by atoms with E-state index in [1.807, 2.05) is 45.0 Å². The number of nitrogens with one attached hydrogen (secondary N) is 1. The number of hydrogen-bond acceptors (Lipinski definition) is 1. The molecule has 0 aromatic heterocycles. The summed E-state index contributed by atoms with van der Waals surface area (Å²) in [4.78, 5) is 11.8. The van der Waals surface area contributed by atoms with E-state index in [1.165, 1.54) is 5.56 Å². The number of allylic oxidation sites excluding steroid dienone is 1. The molecule has 1 fully saturated rings. The summed E-state index contributed by atoms with van der Waals surface area (Å²) < 4.78 is 0. The second-order valence-corrected chi connectivity index (χ2v) is 4.11. The molecule has 0 radical (unpaired) electrons. The molecule has 0 spiro atoms. The van der Waals surface area contributed by atoms with Gasteiger partial charge in [-0.2, -0.15) is 0 Å². The van der Waals surface area contributed by atoms with Crippen molar-refractivity contribution >= 4 is 5.91 Å². The van der Waals surface area contributed by atoms with Crippen LogP contribution in [0.15, 0.2) is 42.0 Å². The molecule has 2 heteroatoms. The van der Waals surface area contributed by atoms with Crippen LogP contribution in [0.5, 0.6) is 0 Å². The molecule has 1 aliphatic heterocycles. The van der Waals surface area contributed by atoms with Gasteiger partial charge in [0.1, 0.15) is 0 Å². The number of benzene rings is 1. The first-order chi connectivity index (χ1) is 8.83. The lowest BCUT2D eigenvalue weighted by Gasteiger charge is -2.16. The molecule has 98 valence electrons. The number of amides is 1. The molecule has 1 atom stereocenters. The normalized spacial score (nSPS) is 21.6. The standard InChI is InChI=1S/C14H17NO.C2H6/c1-2-12-13(9-6-10-15-14(12)16)11-7-4-3-5-8-11;1-2/h2-5,7-8,13H,6,9-10H2,1H3,(H,15,16);1-2H3/b12-2+;. The predicted molar refractivity (Wildman–Crippen MR) is 76.5 cm³/mol. The lowest BCUT2D eigenvalue weighted by molar-refractivity contribution is -0.117. The second kappa shape index (κ2) is 7.70. The summed E-state index contributed by atoms with van der Waals surface area (Å²) in [6, 6.07) is 10.3. The van der Waals surface area contributed by atoms with Gasteiger partial charge in [-0.1, -0.05) is 50.3 Å². The maximum absolute atomic E-state index is 11.8. The third kappa shape index (κ3) is 3.46. The van der Waals surface area contributed by atoms with Crippen LogP contribution in [0.2, 0.25) is 0 Å². The van der Waals surface area contributed by atoms with E-state index < -0.39 is 0 Å². The summed E-state index contributed by atoms with van der Waals surface area (Å²) in [5.74, 6) is 0.350. The fraction of sp³-hybridized carbons (Fsp3) is 0.438. The average Bonchev–Trinajstić information content (AvgIpc) is 2.63.